The van der Waals surface area contributed by atoms with E-state index in [-0.39, 0.29) is 0 Å². The summed E-state index contributed by atoms with van der Waals surface area (Å²) in [6, 6.07) is 0.978. The van der Waals surface area contributed by atoms with Crippen LogP contribution in [0.25, 0.3) is 0 Å². The maximum Gasteiger partial charge on any atom is 0.122 e. The first-order chi connectivity index (χ1) is 7.27. The Hall–Kier alpha value is -0.870. The molecular formula is C11H19N3O. The summed E-state index contributed by atoms with van der Waals surface area (Å²) in [5.74, 6) is 1.11. The molecule has 1 aliphatic heterocycles. The van der Waals surface area contributed by atoms with Gasteiger partial charge >= 0.3 is 0 Å². The molecule has 0 saturated carbocycles. The third-order valence-electron chi connectivity index (χ3n) is 2.72. The highest BCUT2D eigenvalue weighted by Gasteiger charge is 2.19. The van der Waals surface area contributed by atoms with E-state index in [4.69, 9.17) is 4.74 Å². The normalized spacial score (nSPS) is 21.4. The first kappa shape index (κ1) is 10.6. The van der Waals surface area contributed by atoms with Crippen molar-refractivity contribution < 1.29 is 4.74 Å². The Labute approximate surface area is 90.6 Å². The molecule has 1 fully saturated rings. The molecule has 2 rings (SSSR count). The van der Waals surface area contributed by atoms with Crippen LogP contribution >= 0.6 is 0 Å². The Morgan fingerprint density at radius 3 is 3.20 bits per heavy atom. The predicted octanol–water partition coefficient (Wildman–Crippen LogP) is 1.34. The largest absolute Gasteiger partial charge is 0.379 e. The minimum absolute atomic E-state index is 0.483. The van der Waals surface area contributed by atoms with E-state index in [1.807, 2.05) is 6.20 Å². The second-order valence-corrected chi connectivity index (χ2v) is 4.30. The summed E-state index contributed by atoms with van der Waals surface area (Å²) in [6.45, 7) is 6.82. The molecule has 4 heteroatoms. The van der Waals surface area contributed by atoms with Crippen LogP contribution in [0.15, 0.2) is 12.4 Å². The molecule has 0 aliphatic carbocycles. The molecule has 0 spiro atoms. The summed E-state index contributed by atoms with van der Waals surface area (Å²) in [4.78, 5) is 4.38. The monoisotopic (exact) mass is 209 g/mol. The van der Waals surface area contributed by atoms with Crippen LogP contribution in [0.1, 0.15) is 32.1 Å². The van der Waals surface area contributed by atoms with Crippen molar-refractivity contribution in [3.05, 3.63) is 18.2 Å². The molecular weight excluding hydrogens is 190 g/mol. The van der Waals surface area contributed by atoms with Crippen molar-refractivity contribution in [1.82, 2.24) is 14.9 Å². The van der Waals surface area contributed by atoms with Crippen LogP contribution in [0.5, 0.6) is 0 Å². The third kappa shape index (κ3) is 2.58. The van der Waals surface area contributed by atoms with Crippen molar-refractivity contribution in [2.45, 2.75) is 38.9 Å². The molecule has 1 unspecified atom stereocenters. The van der Waals surface area contributed by atoms with Gasteiger partial charge in [-0.2, -0.15) is 0 Å². The zero-order chi connectivity index (χ0) is 10.7. The number of rotatable bonds is 4. The van der Waals surface area contributed by atoms with Gasteiger partial charge in [0.1, 0.15) is 5.82 Å². The van der Waals surface area contributed by atoms with E-state index in [0.717, 1.165) is 32.0 Å². The first-order valence-corrected chi connectivity index (χ1v) is 5.60. The summed E-state index contributed by atoms with van der Waals surface area (Å²) in [5, 5.41) is 3.39. The van der Waals surface area contributed by atoms with Crippen LogP contribution in [0.3, 0.4) is 0 Å². The van der Waals surface area contributed by atoms with Crippen LogP contribution < -0.4 is 5.32 Å². The van der Waals surface area contributed by atoms with Crippen LogP contribution in [-0.2, 0) is 11.3 Å². The SMILES string of the molecule is CC(C)NCc1nccn1C1CCOC1. The van der Waals surface area contributed by atoms with Crippen molar-refractivity contribution in [3.63, 3.8) is 0 Å². The minimum Gasteiger partial charge on any atom is -0.379 e. The van der Waals surface area contributed by atoms with Gasteiger partial charge < -0.3 is 14.6 Å². The maximum absolute atomic E-state index is 5.39. The van der Waals surface area contributed by atoms with E-state index in [9.17, 15) is 0 Å². The van der Waals surface area contributed by atoms with Gasteiger partial charge in [-0.25, -0.2) is 4.98 Å². The van der Waals surface area contributed by atoms with Crippen LogP contribution in [0.4, 0.5) is 0 Å². The number of imidazole rings is 1. The van der Waals surface area contributed by atoms with Gasteiger partial charge in [0.25, 0.3) is 0 Å². The fourth-order valence-corrected chi connectivity index (χ4v) is 1.85. The summed E-state index contributed by atoms with van der Waals surface area (Å²) < 4.78 is 7.63. The van der Waals surface area contributed by atoms with Crippen molar-refractivity contribution in [1.29, 1.82) is 0 Å². The minimum atomic E-state index is 0.483. The van der Waals surface area contributed by atoms with E-state index in [0.29, 0.717) is 12.1 Å². The fourth-order valence-electron chi connectivity index (χ4n) is 1.85. The predicted molar refractivity (Wildman–Crippen MR) is 58.7 cm³/mol. The molecule has 0 radical (unpaired) electrons. The second-order valence-electron chi connectivity index (χ2n) is 4.30. The van der Waals surface area contributed by atoms with E-state index in [2.05, 4.69) is 34.9 Å². The molecule has 1 saturated heterocycles. The highest BCUT2D eigenvalue weighted by atomic mass is 16.5. The van der Waals surface area contributed by atoms with Crippen molar-refractivity contribution in [3.8, 4) is 0 Å². The van der Waals surface area contributed by atoms with Crippen molar-refractivity contribution >= 4 is 0 Å². The summed E-state index contributed by atoms with van der Waals surface area (Å²) in [6.07, 6.45) is 5.03. The molecule has 1 N–H and O–H groups in total. The number of ether oxygens (including phenoxy) is 1. The van der Waals surface area contributed by atoms with Gasteiger partial charge in [-0.05, 0) is 6.42 Å². The average Bonchev–Trinajstić information content (AvgIpc) is 2.85. The number of hydrogen-bond donors (Lipinski definition) is 1. The molecule has 84 valence electrons. The molecule has 1 aromatic rings. The molecule has 0 bridgehead atoms. The fraction of sp³-hybridized carbons (Fsp3) is 0.727. The van der Waals surface area contributed by atoms with Gasteiger partial charge in [0.2, 0.25) is 0 Å². The number of aromatic nitrogens is 2. The number of hydrogen-bond acceptors (Lipinski definition) is 3. The lowest BCUT2D eigenvalue weighted by molar-refractivity contribution is 0.186. The van der Waals surface area contributed by atoms with E-state index >= 15 is 0 Å². The highest BCUT2D eigenvalue weighted by molar-refractivity contribution is 4.96. The lowest BCUT2D eigenvalue weighted by Crippen LogP contribution is -2.25. The molecule has 0 amide bonds. The Morgan fingerprint density at radius 2 is 2.53 bits per heavy atom. The zero-order valence-corrected chi connectivity index (χ0v) is 9.44. The molecule has 1 atom stereocenters. The summed E-state index contributed by atoms with van der Waals surface area (Å²) in [5.41, 5.74) is 0. The van der Waals surface area contributed by atoms with E-state index in [1.165, 1.54) is 0 Å². The Kier molecular flexibility index (Phi) is 3.38. The smallest absolute Gasteiger partial charge is 0.122 e. The standard InChI is InChI=1S/C11H19N3O/c1-9(2)13-7-11-12-4-5-14(11)10-3-6-15-8-10/h4-5,9-10,13H,3,6-8H2,1-2H3. The lowest BCUT2D eigenvalue weighted by atomic mass is 10.2. The molecule has 15 heavy (non-hydrogen) atoms. The lowest BCUT2D eigenvalue weighted by Gasteiger charge is -2.15. The molecule has 2 heterocycles. The van der Waals surface area contributed by atoms with Crippen molar-refractivity contribution in [2.24, 2.45) is 0 Å². The van der Waals surface area contributed by atoms with Gasteiger partial charge in [-0.1, -0.05) is 13.8 Å². The van der Waals surface area contributed by atoms with Crippen LogP contribution in [-0.4, -0.2) is 28.8 Å². The number of nitrogens with one attached hydrogen (secondary N) is 1. The zero-order valence-electron chi connectivity index (χ0n) is 9.44. The first-order valence-electron chi connectivity index (χ1n) is 5.60. The van der Waals surface area contributed by atoms with Crippen LogP contribution in [0.2, 0.25) is 0 Å². The second kappa shape index (κ2) is 4.77. The maximum atomic E-state index is 5.39. The van der Waals surface area contributed by atoms with Gasteiger partial charge in [0, 0.05) is 25.0 Å². The van der Waals surface area contributed by atoms with Gasteiger partial charge in [-0.15, -0.1) is 0 Å². The van der Waals surface area contributed by atoms with E-state index in [1.54, 1.807) is 0 Å². The average molecular weight is 209 g/mol. The van der Waals surface area contributed by atoms with Gasteiger partial charge in [0.05, 0.1) is 19.2 Å². The highest BCUT2D eigenvalue weighted by Crippen LogP contribution is 2.19. The summed E-state index contributed by atoms with van der Waals surface area (Å²) in [7, 11) is 0. The Bertz CT molecular complexity index is 303. The van der Waals surface area contributed by atoms with Crippen molar-refractivity contribution in [2.75, 3.05) is 13.2 Å². The summed E-state index contributed by atoms with van der Waals surface area (Å²) >= 11 is 0. The molecule has 1 aliphatic rings. The molecule has 0 aromatic carbocycles. The molecule has 1 aromatic heterocycles. The van der Waals surface area contributed by atoms with E-state index < -0.39 is 0 Å². The molecule has 4 nitrogen and oxygen atoms in total. The number of nitrogens with zero attached hydrogens (tertiary/aromatic N) is 2. The van der Waals surface area contributed by atoms with Gasteiger partial charge in [0.15, 0.2) is 0 Å². The third-order valence-corrected chi connectivity index (χ3v) is 2.72. The quantitative estimate of drug-likeness (QED) is 0.813. The topological polar surface area (TPSA) is 39.1 Å². The van der Waals surface area contributed by atoms with Gasteiger partial charge in [-0.3, -0.25) is 0 Å². The Morgan fingerprint density at radius 1 is 1.67 bits per heavy atom. The Balaban J connectivity index is 2.01. The van der Waals surface area contributed by atoms with Crippen LogP contribution in [0, 0.1) is 0 Å².